The number of fused-ring (bicyclic) bond motifs is 2. The van der Waals surface area contributed by atoms with E-state index in [-0.39, 0.29) is 25.0 Å². The Hall–Kier alpha value is -3.80. The Balaban J connectivity index is 1.27. The molecule has 1 fully saturated rings. The van der Waals surface area contributed by atoms with Crippen molar-refractivity contribution in [3.8, 4) is 6.07 Å². The largest absolute Gasteiger partial charge is 0.457 e. The number of nitriles is 1. The number of ether oxygens (including phenoxy) is 1. The number of nitrogens with zero attached hydrogens (tertiary/aromatic N) is 4. The summed E-state index contributed by atoms with van der Waals surface area (Å²) in [5.74, 6) is 0.166. The first-order chi connectivity index (χ1) is 15.9. The number of aliphatic hydroxyl groups excluding tert-OH is 1. The van der Waals surface area contributed by atoms with Crippen molar-refractivity contribution in [3.63, 3.8) is 0 Å². The second-order valence-electron chi connectivity index (χ2n) is 8.37. The summed E-state index contributed by atoms with van der Waals surface area (Å²) >= 11 is 0. The van der Waals surface area contributed by atoms with Crippen molar-refractivity contribution >= 4 is 28.6 Å². The van der Waals surface area contributed by atoms with Gasteiger partial charge in [0.15, 0.2) is 0 Å². The van der Waals surface area contributed by atoms with Gasteiger partial charge < -0.3 is 9.84 Å². The van der Waals surface area contributed by atoms with Gasteiger partial charge in [-0.3, -0.25) is 14.6 Å². The average molecular weight is 442 g/mol. The topological polar surface area (TPSA) is 107 Å². The van der Waals surface area contributed by atoms with Gasteiger partial charge in [-0.2, -0.15) is 5.26 Å². The van der Waals surface area contributed by atoms with Gasteiger partial charge in [-0.1, -0.05) is 6.07 Å². The van der Waals surface area contributed by atoms with Crippen LogP contribution in [0.25, 0.3) is 10.9 Å². The Kier molecular flexibility index (Phi) is 5.29. The van der Waals surface area contributed by atoms with E-state index < -0.39 is 6.10 Å². The Morgan fingerprint density at radius 2 is 2.03 bits per heavy atom. The molecule has 8 heteroatoms. The number of piperazine rings is 1. The second-order valence-corrected chi connectivity index (χ2v) is 8.37. The van der Waals surface area contributed by atoms with Gasteiger partial charge in [-0.15, -0.1) is 0 Å². The normalized spacial score (nSPS) is 17.1. The molecule has 3 aromatic rings. The molecule has 0 unspecified atom stereocenters. The molecule has 8 nitrogen and oxygen atoms in total. The Morgan fingerprint density at radius 3 is 2.82 bits per heavy atom. The minimum Gasteiger partial charge on any atom is -0.457 e. The molecule has 1 N–H and O–H groups in total. The maximum atomic E-state index is 12.9. The summed E-state index contributed by atoms with van der Waals surface area (Å²) < 4.78 is 5.09. The first kappa shape index (κ1) is 21.1. The summed E-state index contributed by atoms with van der Waals surface area (Å²) in [6.07, 6.45) is -0.779. The van der Waals surface area contributed by atoms with Crippen molar-refractivity contribution in [2.24, 2.45) is 0 Å². The van der Waals surface area contributed by atoms with Crippen LogP contribution >= 0.6 is 0 Å². The van der Waals surface area contributed by atoms with E-state index in [2.05, 4.69) is 11.1 Å². The molecule has 3 heterocycles. The highest BCUT2D eigenvalue weighted by atomic mass is 16.5. The van der Waals surface area contributed by atoms with Crippen molar-refractivity contribution < 1.29 is 19.4 Å². The van der Waals surface area contributed by atoms with E-state index in [1.54, 1.807) is 41.3 Å². The van der Waals surface area contributed by atoms with Gasteiger partial charge in [0.1, 0.15) is 12.4 Å². The Morgan fingerprint density at radius 1 is 1.18 bits per heavy atom. The monoisotopic (exact) mass is 442 g/mol. The molecule has 1 aromatic heterocycles. The van der Waals surface area contributed by atoms with Crippen LogP contribution in [0.5, 0.6) is 0 Å². The highest BCUT2D eigenvalue weighted by Gasteiger charge is 2.29. The molecule has 0 saturated carbocycles. The van der Waals surface area contributed by atoms with Gasteiger partial charge in [0.05, 0.1) is 35.4 Å². The summed E-state index contributed by atoms with van der Waals surface area (Å²) in [7, 11) is 0. The van der Waals surface area contributed by atoms with Gasteiger partial charge >= 0.3 is 5.97 Å². The summed E-state index contributed by atoms with van der Waals surface area (Å²) in [6, 6.07) is 14.5. The van der Waals surface area contributed by atoms with Crippen LogP contribution in [0, 0.1) is 18.3 Å². The molecular formula is C25H22N4O4. The maximum absolute atomic E-state index is 12.9. The van der Waals surface area contributed by atoms with Crippen molar-refractivity contribution in [2.75, 3.05) is 31.1 Å². The predicted molar refractivity (Wildman–Crippen MR) is 121 cm³/mol. The van der Waals surface area contributed by atoms with E-state index in [9.17, 15) is 14.7 Å². The number of hydrogen-bond donors (Lipinski definition) is 1. The highest BCUT2D eigenvalue weighted by Crippen LogP contribution is 2.30. The van der Waals surface area contributed by atoms with Crippen molar-refractivity contribution in [2.45, 2.75) is 19.6 Å². The van der Waals surface area contributed by atoms with E-state index >= 15 is 0 Å². The molecule has 1 atom stereocenters. The van der Waals surface area contributed by atoms with Crippen LogP contribution in [0.1, 0.15) is 38.7 Å². The molecule has 166 valence electrons. The number of hydrogen-bond acceptors (Lipinski definition) is 7. The first-order valence-electron chi connectivity index (χ1n) is 10.8. The number of cyclic esters (lactones) is 1. The number of esters is 1. The molecule has 0 spiro atoms. The number of benzene rings is 2. The van der Waals surface area contributed by atoms with Crippen molar-refractivity contribution in [1.82, 2.24) is 9.88 Å². The number of rotatable bonds is 4. The Labute approximate surface area is 190 Å². The molecule has 2 aromatic carbocycles. The zero-order chi connectivity index (χ0) is 23.1. The fourth-order valence-corrected chi connectivity index (χ4v) is 4.53. The van der Waals surface area contributed by atoms with Crippen LogP contribution in [-0.4, -0.2) is 53.0 Å². The van der Waals surface area contributed by atoms with Crippen LogP contribution < -0.4 is 4.90 Å². The number of aliphatic hydroxyl groups is 1. The summed E-state index contributed by atoms with van der Waals surface area (Å²) in [5, 5.41) is 20.8. The third kappa shape index (κ3) is 3.82. The van der Waals surface area contributed by atoms with Gasteiger partial charge in [0.25, 0.3) is 0 Å². The summed E-state index contributed by atoms with van der Waals surface area (Å²) in [5.41, 5.74) is 4.27. The highest BCUT2D eigenvalue weighted by molar-refractivity contribution is 5.96. The predicted octanol–water partition coefficient (Wildman–Crippen LogP) is 2.47. The van der Waals surface area contributed by atoms with E-state index in [1.165, 1.54) is 0 Å². The number of carbonyl (C=O) groups excluding carboxylic acids is 2. The summed E-state index contributed by atoms with van der Waals surface area (Å²) in [4.78, 5) is 32.8. The van der Waals surface area contributed by atoms with Crippen molar-refractivity contribution in [1.29, 1.82) is 5.26 Å². The van der Waals surface area contributed by atoms with Crippen LogP contribution in [0.15, 0.2) is 42.5 Å². The lowest BCUT2D eigenvalue weighted by molar-refractivity contribution is -0.121. The third-order valence-corrected chi connectivity index (χ3v) is 6.38. The number of β-amino-alcohol motifs (C(OH)–C–C–N with tert-alkyl or cyclic N) is 1. The van der Waals surface area contributed by atoms with E-state index in [0.717, 1.165) is 27.6 Å². The number of aromatic nitrogens is 1. The molecule has 1 amide bonds. The molecular weight excluding hydrogens is 420 g/mol. The fourth-order valence-electron chi connectivity index (χ4n) is 4.53. The number of carbonyl (C=O) groups is 2. The minimum atomic E-state index is -0.779. The van der Waals surface area contributed by atoms with E-state index in [4.69, 9.17) is 10.00 Å². The lowest BCUT2D eigenvalue weighted by atomic mass is 9.95. The van der Waals surface area contributed by atoms with Crippen LogP contribution in [-0.2, 0) is 16.1 Å². The fraction of sp³-hybridized carbons (Fsp3) is 0.280. The standard InChI is InChI=1S/C25H22N4O4/c1-15-18(4-5-19-20(15)14-33-25(19)32)22(30)12-28-8-9-29(24(31)13-28)23-7-3-17-10-16(11-26)2-6-21(17)27-23/h2-7,10,22,30H,8-9,12-14H2,1H3/t22-/m0/s1. The molecule has 1 saturated heterocycles. The molecule has 0 radical (unpaired) electrons. The lowest BCUT2D eigenvalue weighted by Gasteiger charge is -2.35. The molecule has 0 bridgehead atoms. The second kappa shape index (κ2) is 8.28. The molecule has 5 rings (SSSR count). The van der Waals surface area contributed by atoms with E-state index in [1.807, 2.05) is 17.9 Å². The average Bonchev–Trinajstić information content (AvgIpc) is 3.20. The zero-order valence-corrected chi connectivity index (χ0v) is 18.1. The smallest absolute Gasteiger partial charge is 0.338 e. The SMILES string of the molecule is Cc1c([C@@H](O)CN2CCN(c3ccc4cc(C#N)ccc4n3)C(=O)C2)ccc2c1COC2=O. The number of anilines is 1. The minimum absolute atomic E-state index is 0.0846. The van der Waals surface area contributed by atoms with Crippen LogP contribution in [0.3, 0.4) is 0 Å². The van der Waals surface area contributed by atoms with Gasteiger partial charge in [0.2, 0.25) is 5.91 Å². The molecule has 2 aliphatic heterocycles. The van der Waals surface area contributed by atoms with E-state index in [0.29, 0.717) is 36.6 Å². The molecule has 0 aliphatic carbocycles. The Bertz CT molecular complexity index is 1330. The van der Waals surface area contributed by atoms with Gasteiger partial charge in [-0.25, -0.2) is 9.78 Å². The molecule has 33 heavy (non-hydrogen) atoms. The van der Waals surface area contributed by atoms with Crippen molar-refractivity contribution in [3.05, 3.63) is 70.3 Å². The first-order valence-corrected chi connectivity index (χ1v) is 10.8. The third-order valence-electron chi connectivity index (χ3n) is 6.38. The van der Waals surface area contributed by atoms with Gasteiger partial charge in [0, 0.05) is 30.6 Å². The van der Waals surface area contributed by atoms with Crippen LogP contribution in [0.4, 0.5) is 5.82 Å². The zero-order valence-electron chi connectivity index (χ0n) is 18.1. The summed E-state index contributed by atoms with van der Waals surface area (Å²) in [6.45, 7) is 3.67. The van der Waals surface area contributed by atoms with Gasteiger partial charge in [-0.05, 0) is 54.4 Å². The maximum Gasteiger partial charge on any atom is 0.338 e. The quantitative estimate of drug-likeness (QED) is 0.619. The van der Waals surface area contributed by atoms with Crippen LogP contribution in [0.2, 0.25) is 0 Å². The number of amides is 1. The number of pyridine rings is 1. The lowest BCUT2D eigenvalue weighted by Crippen LogP contribution is -2.51. The molecule has 2 aliphatic rings.